The molecule has 1 amide bonds. The number of Topliss-reactive ketones (excluding diaryl/α,β-unsaturated/α-hetero) is 1. The summed E-state index contributed by atoms with van der Waals surface area (Å²) in [4.78, 5) is 35.5. The molecule has 10 heteroatoms. The van der Waals surface area contributed by atoms with Gasteiger partial charge in [-0.25, -0.2) is 0 Å². The van der Waals surface area contributed by atoms with Gasteiger partial charge in [0.1, 0.15) is 5.78 Å². The van der Waals surface area contributed by atoms with Crippen LogP contribution in [0.4, 0.5) is 18.9 Å². The number of nitrogens with zero attached hydrogens (tertiary/aromatic N) is 2. The van der Waals surface area contributed by atoms with Gasteiger partial charge in [0.05, 0.1) is 10.5 Å². The maximum absolute atomic E-state index is 12.9. The molecule has 0 unspecified atom stereocenters. The summed E-state index contributed by atoms with van der Waals surface area (Å²) in [5.41, 5.74) is -2.45. The minimum absolute atomic E-state index is 0.0434. The molecule has 1 saturated heterocycles. The Morgan fingerprint density at radius 3 is 2.62 bits per heavy atom. The number of alkyl halides is 3. The number of non-ortho nitro benzene ring substituents is 1. The van der Waals surface area contributed by atoms with Crippen molar-refractivity contribution in [1.82, 2.24) is 10.2 Å². The normalized spacial score (nSPS) is 22.7. The number of carbonyl (C=O) groups is 2. The molecule has 2 bridgehead atoms. The highest BCUT2D eigenvalue weighted by Gasteiger charge is 2.43. The topological polar surface area (TPSA) is 92.6 Å². The molecule has 26 heavy (non-hydrogen) atoms. The van der Waals surface area contributed by atoms with Gasteiger partial charge in [0.25, 0.3) is 11.6 Å². The van der Waals surface area contributed by atoms with Crippen LogP contribution in [0.2, 0.25) is 0 Å². The summed E-state index contributed by atoms with van der Waals surface area (Å²) in [7, 11) is 0. The van der Waals surface area contributed by atoms with Gasteiger partial charge in [0.2, 0.25) is 0 Å². The zero-order valence-corrected chi connectivity index (χ0v) is 13.6. The van der Waals surface area contributed by atoms with Crippen molar-refractivity contribution in [2.75, 3.05) is 19.6 Å². The van der Waals surface area contributed by atoms with E-state index in [1.807, 2.05) is 0 Å². The van der Waals surface area contributed by atoms with Crippen LogP contribution in [0, 0.1) is 16.0 Å². The number of piperidine rings is 1. The molecule has 1 aromatic carbocycles. The van der Waals surface area contributed by atoms with Crippen molar-refractivity contribution in [3.05, 3.63) is 39.4 Å². The van der Waals surface area contributed by atoms with Crippen molar-refractivity contribution in [2.45, 2.75) is 25.1 Å². The zero-order chi connectivity index (χ0) is 19.1. The number of hydrogen-bond acceptors (Lipinski definition) is 5. The summed E-state index contributed by atoms with van der Waals surface area (Å²) in [5, 5.41) is 13.3. The zero-order valence-electron chi connectivity index (χ0n) is 13.6. The third kappa shape index (κ3) is 3.69. The molecular weight excluding hydrogens is 355 g/mol. The summed E-state index contributed by atoms with van der Waals surface area (Å²) < 4.78 is 38.6. The molecule has 140 valence electrons. The molecule has 2 atom stereocenters. The van der Waals surface area contributed by atoms with Crippen molar-refractivity contribution in [2.24, 2.45) is 5.92 Å². The monoisotopic (exact) mass is 371 g/mol. The minimum Gasteiger partial charge on any atom is -0.351 e. The number of nitro groups is 1. The van der Waals surface area contributed by atoms with Crippen LogP contribution in [0.1, 0.15) is 28.8 Å². The van der Waals surface area contributed by atoms with E-state index in [2.05, 4.69) is 10.2 Å². The number of amides is 1. The first-order valence-corrected chi connectivity index (χ1v) is 8.07. The second kappa shape index (κ2) is 6.67. The fraction of sp³-hybridized carbons (Fsp3) is 0.500. The number of fused-ring (bicyclic) bond motifs is 2. The molecule has 0 radical (unpaired) electrons. The molecular formula is C16H16F3N3O4. The molecule has 1 N–H and O–H groups in total. The molecule has 0 aromatic heterocycles. The van der Waals surface area contributed by atoms with Gasteiger partial charge < -0.3 is 5.32 Å². The van der Waals surface area contributed by atoms with Crippen LogP contribution in [0.25, 0.3) is 0 Å². The smallest absolute Gasteiger partial charge is 0.351 e. The van der Waals surface area contributed by atoms with Crippen LogP contribution >= 0.6 is 0 Å². The van der Waals surface area contributed by atoms with Gasteiger partial charge in [-0.15, -0.1) is 0 Å². The number of likely N-dealkylation sites (tertiary alicyclic amines) is 1. The fourth-order valence-corrected chi connectivity index (χ4v) is 3.53. The molecule has 2 fully saturated rings. The van der Waals surface area contributed by atoms with Gasteiger partial charge in [-0.2, -0.15) is 13.2 Å². The lowest BCUT2D eigenvalue weighted by Gasteiger charge is -2.26. The summed E-state index contributed by atoms with van der Waals surface area (Å²) in [6.45, 7) is 1.29. The highest BCUT2D eigenvalue weighted by Crippen LogP contribution is 2.34. The Labute approximate surface area is 146 Å². The molecule has 0 spiro atoms. The van der Waals surface area contributed by atoms with Gasteiger partial charge in [-0.3, -0.25) is 24.6 Å². The third-order valence-corrected chi connectivity index (χ3v) is 4.82. The summed E-state index contributed by atoms with van der Waals surface area (Å²) in [6.07, 6.45) is -3.48. The average Bonchev–Trinajstić information content (AvgIpc) is 3.12. The number of nitrogens with one attached hydrogen (secondary N) is 1. The minimum atomic E-state index is -4.79. The molecule has 7 nitrogen and oxygen atoms in total. The van der Waals surface area contributed by atoms with Crippen LogP contribution in [-0.4, -0.2) is 47.2 Å². The summed E-state index contributed by atoms with van der Waals surface area (Å²) in [6, 6.07) is 1.98. The summed E-state index contributed by atoms with van der Waals surface area (Å²) in [5.74, 6) is -0.506. The van der Waals surface area contributed by atoms with E-state index in [9.17, 15) is 32.9 Å². The molecule has 1 aliphatic heterocycles. The van der Waals surface area contributed by atoms with Gasteiger partial charge in [0, 0.05) is 55.7 Å². The quantitative estimate of drug-likeness (QED) is 0.631. The first-order valence-electron chi connectivity index (χ1n) is 8.07. The first kappa shape index (κ1) is 18.3. The average molecular weight is 371 g/mol. The van der Waals surface area contributed by atoms with Gasteiger partial charge in [0.15, 0.2) is 0 Å². The molecule has 2 aliphatic rings. The number of carbonyl (C=O) groups excluding carboxylic acids is 2. The van der Waals surface area contributed by atoms with E-state index < -0.39 is 33.8 Å². The van der Waals surface area contributed by atoms with E-state index in [0.717, 1.165) is 12.5 Å². The third-order valence-electron chi connectivity index (χ3n) is 4.82. The van der Waals surface area contributed by atoms with Crippen LogP contribution in [-0.2, 0) is 11.0 Å². The maximum atomic E-state index is 12.9. The summed E-state index contributed by atoms with van der Waals surface area (Å²) >= 11 is 0. The van der Waals surface area contributed by atoms with Crippen molar-refractivity contribution < 1.29 is 27.7 Å². The Balaban J connectivity index is 1.63. The Morgan fingerprint density at radius 1 is 1.35 bits per heavy atom. The molecule has 3 rings (SSSR count). The highest BCUT2D eigenvalue weighted by molar-refractivity contribution is 5.95. The lowest BCUT2D eigenvalue weighted by molar-refractivity contribution is -0.385. The van der Waals surface area contributed by atoms with E-state index in [0.29, 0.717) is 31.6 Å². The fourth-order valence-electron chi connectivity index (χ4n) is 3.53. The van der Waals surface area contributed by atoms with Gasteiger partial charge in [-0.05, 0) is 12.5 Å². The lowest BCUT2D eigenvalue weighted by atomic mass is 10.1. The predicted molar refractivity (Wildman–Crippen MR) is 83.5 cm³/mol. The number of ketones is 1. The Bertz CT molecular complexity index is 766. The van der Waals surface area contributed by atoms with Crippen LogP contribution in [0.15, 0.2) is 18.2 Å². The van der Waals surface area contributed by atoms with Crippen molar-refractivity contribution in [3.8, 4) is 0 Å². The van der Waals surface area contributed by atoms with Crippen LogP contribution in [0.5, 0.6) is 0 Å². The molecule has 1 heterocycles. The molecule has 1 saturated carbocycles. The van der Waals surface area contributed by atoms with E-state index in [4.69, 9.17) is 0 Å². The lowest BCUT2D eigenvalue weighted by Crippen LogP contribution is -2.41. The van der Waals surface area contributed by atoms with Gasteiger partial charge in [-0.1, -0.05) is 0 Å². The van der Waals surface area contributed by atoms with E-state index in [1.54, 1.807) is 0 Å². The molecule has 1 aliphatic carbocycles. The van der Waals surface area contributed by atoms with Gasteiger partial charge >= 0.3 is 6.18 Å². The van der Waals surface area contributed by atoms with Crippen molar-refractivity contribution in [3.63, 3.8) is 0 Å². The second-order valence-electron chi connectivity index (χ2n) is 6.53. The number of nitro benzene ring substituents is 1. The van der Waals surface area contributed by atoms with Crippen molar-refractivity contribution in [1.29, 1.82) is 0 Å². The van der Waals surface area contributed by atoms with Crippen molar-refractivity contribution >= 4 is 17.4 Å². The van der Waals surface area contributed by atoms with Crippen LogP contribution < -0.4 is 5.32 Å². The number of hydrogen-bond donors (Lipinski definition) is 1. The number of halogens is 3. The van der Waals surface area contributed by atoms with E-state index in [-0.39, 0.29) is 24.3 Å². The standard InChI is InChI=1S/C16H16F3N3O4/c17-16(18,19)11-3-9(4-13(6-11)22(25)26)15(24)20-1-2-21-8-10-5-12(21)7-14(10)23/h3-4,6,10,12H,1-2,5,7-8H2,(H,20,24)/t10-,12-/m0/s1. The van der Waals surface area contributed by atoms with E-state index in [1.165, 1.54) is 0 Å². The second-order valence-corrected chi connectivity index (χ2v) is 6.53. The predicted octanol–water partition coefficient (Wildman–Crippen LogP) is 2.01. The Morgan fingerprint density at radius 2 is 2.08 bits per heavy atom. The maximum Gasteiger partial charge on any atom is 0.416 e. The molecule has 1 aromatic rings. The Hall–Kier alpha value is -2.49. The number of benzene rings is 1. The first-order chi connectivity index (χ1) is 12.1. The Kier molecular flexibility index (Phi) is 4.70. The van der Waals surface area contributed by atoms with Crippen LogP contribution in [0.3, 0.4) is 0 Å². The van der Waals surface area contributed by atoms with E-state index >= 15 is 0 Å². The largest absolute Gasteiger partial charge is 0.416 e. The number of rotatable bonds is 5. The SMILES string of the molecule is O=C(NCCN1C[C@@H]2C[C@H]1CC2=O)c1cc([N+](=O)[O-])cc(C(F)(F)F)c1. The highest BCUT2D eigenvalue weighted by atomic mass is 19.4.